The Balaban J connectivity index is 2.27. The van der Waals surface area contributed by atoms with Gasteiger partial charge in [0.25, 0.3) is 0 Å². The summed E-state index contributed by atoms with van der Waals surface area (Å²) >= 11 is 0. The largest absolute Gasteiger partial charge is 0.393 e. The Hall–Kier alpha value is -0.120. The number of aliphatic hydroxyl groups is 2. The molecule has 0 aromatic rings. The van der Waals surface area contributed by atoms with Crippen LogP contribution in [0.1, 0.15) is 58.8 Å². The highest BCUT2D eigenvalue weighted by Gasteiger charge is 2.22. The summed E-state index contributed by atoms with van der Waals surface area (Å²) in [6.45, 7) is 4.26. The van der Waals surface area contributed by atoms with E-state index in [1.54, 1.807) is 6.92 Å². The van der Waals surface area contributed by atoms with Gasteiger partial charge in [-0.2, -0.15) is 0 Å². The van der Waals surface area contributed by atoms with Crippen molar-refractivity contribution in [2.75, 3.05) is 13.2 Å². The minimum atomic E-state index is -0.977. The first kappa shape index (κ1) is 14.9. The first-order chi connectivity index (χ1) is 8.07. The van der Waals surface area contributed by atoms with Gasteiger partial charge in [-0.15, -0.1) is 0 Å². The monoisotopic (exact) mass is 243 g/mol. The Morgan fingerprint density at radius 1 is 1.24 bits per heavy atom. The van der Waals surface area contributed by atoms with E-state index in [0.717, 1.165) is 5.92 Å². The lowest BCUT2D eigenvalue weighted by atomic mass is 9.95. The first-order valence-corrected chi connectivity index (χ1v) is 7.14. The SMILES string of the molecule is CCCC1CCCC(NCC(C)(O)CO)CC1. The third kappa shape index (κ3) is 5.84. The van der Waals surface area contributed by atoms with Gasteiger partial charge in [-0.05, 0) is 32.1 Å². The highest BCUT2D eigenvalue weighted by Crippen LogP contribution is 2.26. The minimum Gasteiger partial charge on any atom is -0.393 e. The van der Waals surface area contributed by atoms with Gasteiger partial charge in [0.1, 0.15) is 0 Å². The molecule has 1 fully saturated rings. The maximum atomic E-state index is 9.75. The number of rotatable bonds is 6. The summed E-state index contributed by atoms with van der Waals surface area (Å²) in [5.74, 6) is 0.908. The fourth-order valence-electron chi connectivity index (χ4n) is 2.70. The van der Waals surface area contributed by atoms with Crippen LogP contribution in [0.5, 0.6) is 0 Å². The van der Waals surface area contributed by atoms with Crippen LogP contribution in [-0.4, -0.2) is 35.0 Å². The second kappa shape index (κ2) is 7.34. The van der Waals surface area contributed by atoms with Gasteiger partial charge in [0.2, 0.25) is 0 Å². The molecular weight excluding hydrogens is 214 g/mol. The zero-order valence-corrected chi connectivity index (χ0v) is 11.4. The molecule has 1 rings (SSSR count). The molecule has 0 spiro atoms. The Morgan fingerprint density at radius 2 is 2.00 bits per heavy atom. The predicted octanol–water partition coefficient (Wildman–Crippen LogP) is 2.07. The molecule has 1 aliphatic carbocycles. The molecule has 0 bridgehead atoms. The number of hydrogen-bond acceptors (Lipinski definition) is 3. The molecule has 3 heteroatoms. The zero-order valence-electron chi connectivity index (χ0n) is 11.4. The lowest BCUT2D eigenvalue weighted by Gasteiger charge is -2.25. The molecule has 3 nitrogen and oxygen atoms in total. The Morgan fingerprint density at radius 3 is 2.65 bits per heavy atom. The van der Waals surface area contributed by atoms with Crippen molar-refractivity contribution in [3.05, 3.63) is 0 Å². The molecule has 0 aromatic heterocycles. The van der Waals surface area contributed by atoms with Crippen molar-refractivity contribution in [2.45, 2.75) is 70.4 Å². The van der Waals surface area contributed by atoms with Gasteiger partial charge in [0.05, 0.1) is 12.2 Å². The van der Waals surface area contributed by atoms with E-state index in [1.807, 2.05) is 0 Å². The van der Waals surface area contributed by atoms with Gasteiger partial charge in [-0.3, -0.25) is 0 Å². The predicted molar refractivity (Wildman–Crippen MR) is 71.0 cm³/mol. The third-order valence-electron chi connectivity index (χ3n) is 3.90. The van der Waals surface area contributed by atoms with Crippen LogP contribution in [0.4, 0.5) is 0 Å². The summed E-state index contributed by atoms with van der Waals surface area (Å²) in [5.41, 5.74) is -0.977. The molecule has 1 aliphatic rings. The Kier molecular flexibility index (Phi) is 6.45. The molecule has 3 N–H and O–H groups in total. The van der Waals surface area contributed by atoms with Crippen molar-refractivity contribution >= 4 is 0 Å². The van der Waals surface area contributed by atoms with Crippen LogP contribution in [0, 0.1) is 5.92 Å². The van der Waals surface area contributed by atoms with E-state index >= 15 is 0 Å². The molecule has 0 aliphatic heterocycles. The minimum absolute atomic E-state index is 0.175. The number of nitrogens with one attached hydrogen (secondary N) is 1. The maximum absolute atomic E-state index is 9.75. The molecule has 3 unspecified atom stereocenters. The number of hydrogen-bond donors (Lipinski definition) is 3. The van der Waals surface area contributed by atoms with Crippen LogP contribution in [0.2, 0.25) is 0 Å². The summed E-state index contributed by atoms with van der Waals surface area (Å²) in [5, 5.41) is 22.2. The Labute approximate surface area is 106 Å². The van der Waals surface area contributed by atoms with Crippen molar-refractivity contribution in [1.29, 1.82) is 0 Å². The molecule has 0 saturated heterocycles. The molecular formula is C14H29NO2. The van der Waals surface area contributed by atoms with E-state index in [-0.39, 0.29) is 6.61 Å². The Bertz CT molecular complexity index is 206. The molecule has 3 atom stereocenters. The second-order valence-corrected chi connectivity index (χ2v) is 5.90. The highest BCUT2D eigenvalue weighted by molar-refractivity contribution is 4.80. The lowest BCUT2D eigenvalue weighted by Crippen LogP contribution is -2.44. The van der Waals surface area contributed by atoms with E-state index in [4.69, 9.17) is 5.11 Å². The van der Waals surface area contributed by atoms with Crippen LogP contribution in [0.15, 0.2) is 0 Å². The van der Waals surface area contributed by atoms with Crippen molar-refractivity contribution in [3.8, 4) is 0 Å². The smallest absolute Gasteiger partial charge is 0.0972 e. The van der Waals surface area contributed by atoms with Gasteiger partial charge < -0.3 is 15.5 Å². The van der Waals surface area contributed by atoms with Gasteiger partial charge in [-0.1, -0.05) is 32.6 Å². The van der Waals surface area contributed by atoms with Crippen LogP contribution >= 0.6 is 0 Å². The average molecular weight is 243 g/mol. The summed E-state index contributed by atoms with van der Waals surface area (Å²) in [4.78, 5) is 0. The standard InChI is InChI=1S/C14H29NO2/c1-3-5-12-6-4-7-13(9-8-12)15-10-14(2,17)11-16/h12-13,15-17H,3-11H2,1-2H3. The normalized spacial score (nSPS) is 29.6. The van der Waals surface area contributed by atoms with E-state index in [9.17, 15) is 5.11 Å². The molecule has 102 valence electrons. The van der Waals surface area contributed by atoms with Crippen LogP contribution in [0.3, 0.4) is 0 Å². The van der Waals surface area contributed by atoms with Gasteiger partial charge in [0.15, 0.2) is 0 Å². The van der Waals surface area contributed by atoms with Gasteiger partial charge in [-0.25, -0.2) is 0 Å². The molecule has 17 heavy (non-hydrogen) atoms. The van der Waals surface area contributed by atoms with E-state index in [0.29, 0.717) is 12.6 Å². The molecule has 0 amide bonds. The fraction of sp³-hybridized carbons (Fsp3) is 1.00. The van der Waals surface area contributed by atoms with Gasteiger partial charge in [0, 0.05) is 12.6 Å². The van der Waals surface area contributed by atoms with Crippen LogP contribution in [0.25, 0.3) is 0 Å². The highest BCUT2D eigenvalue weighted by atomic mass is 16.3. The summed E-state index contributed by atoms with van der Waals surface area (Å²) in [7, 11) is 0. The fourth-order valence-corrected chi connectivity index (χ4v) is 2.70. The van der Waals surface area contributed by atoms with E-state index < -0.39 is 5.60 Å². The molecule has 0 aromatic carbocycles. The third-order valence-corrected chi connectivity index (χ3v) is 3.90. The molecule has 0 radical (unpaired) electrons. The molecule has 1 saturated carbocycles. The van der Waals surface area contributed by atoms with Crippen molar-refractivity contribution < 1.29 is 10.2 Å². The average Bonchev–Trinajstić information content (AvgIpc) is 2.53. The van der Waals surface area contributed by atoms with Crippen LogP contribution < -0.4 is 5.32 Å². The summed E-state index contributed by atoms with van der Waals surface area (Å²) in [6, 6.07) is 0.523. The second-order valence-electron chi connectivity index (χ2n) is 5.90. The molecule has 0 heterocycles. The lowest BCUT2D eigenvalue weighted by molar-refractivity contribution is 0.000388. The van der Waals surface area contributed by atoms with Crippen LogP contribution in [-0.2, 0) is 0 Å². The van der Waals surface area contributed by atoms with Crippen molar-refractivity contribution in [3.63, 3.8) is 0 Å². The zero-order chi connectivity index (χ0) is 12.7. The van der Waals surface area contributed by atoms with Gasteiger partial charge >= 0.3 is 0 Å². The maximum Gasteiger partial charge on any atom is 0.0972 e. The number of aliphatic hydroxyl groups excluding tert-OH is 1. The quantitative estimate of drug-likeness (QED) is 0.626. The van der Waals surface area contributed by atoms with Crippen molar-refractivity contribution in [2.24, 2.45) is 5.92 Å². The summed E-state index contributed by atoms with van der Waals surface area (Å²) in [6.07, 6.45) is 9.05. The van der Waals surface area contributed by atoms with E-state index in [2.05, 4.69) is 12.2 Å². The summed E-state index contributed by atoms with van der Waals surface area (Å²) < 4.78 is 0. The van der Waals surface area contributed by atoms with Crippen molar-refractivity contribution in [1.82, 2.24) is 5.32 Å². The van der Waals surface area contributed by atoms with E-state index in [1.165, 1.54) is 44.9 Å². The first-order valence-electron chi connectivity index (χ1n) is 7.14. The topological polar surface area (TPSA) is 52.5 Å².